The first-order valence-electron chi connectivity index (χ1n) is 6.92. The van der Waals surface area contributed by atoms with Crippen LogP contribution in [0, 0.1) is 0 Å². The Hall–Kier alpha value is -2.68. The lowest BCUT2D eigenvalue weighted by atomic mass is 10.1. The molecule has 2 aromatic carbocycles. The summed E-state index contributed by atoms with van der Waals surface area (Å²) in [5.74, 6) is 0.110. The summed E-state index contributed by atoms with van der Waals surface area (Å²) in [6.45, 7) is 0.564. The van der Waals surface area contributed by atoms with Crippen molar-refractivity contribution in [1.29, 1.82) is 0 Å². The SMILES string of the molecule is O=C(CCn1ccc(=O)c2ccccc21)c1ccccc1. The Bertz CT molecular complexity index is 834. The highest BCUT2D eigenvalue weighted by Crippen LogP contribution is 2.11. The molecule has 1 aromatic heterocycles. The molecule has 0 spiro atoms. The summed E-state index contributed by atoms with van der Waals surface area (Å²) in [5, 5.41) is 0.687. The van der Waals surface area contributed by atoms with Gasteiger partial charge in [-0.25, -0.2) is 0 Å². The normalized spacial score (nSPS) is 10.7. The Kier molecular flexibility index (Phi) is 3.65. The lowest BCUT2D eigenvalue weighted by Crippen LogP contribution is -2.10. The summed E-state index contributed by atoms with van der Waals surface area (Å²) in [7, 11) is 0. The van der Waals surface area contributed by atoms with Crippen LogP contribution in [0.4, 0.5) is 0 Å². The van der Waals surface area contributed by atoms with Crippen LogP contribution < -0.4 is 5.43 Å². The lowest BCUT2D eigenvalue weighted by Gasteiger charge is -2.10. The minimum absolute atomic E-state index is 0.0104. The maximum atomic E-state index is 12.1. The second-order valence-electron chi connectivity index (χ2n) is 4.93. The van der Waals surface area contributed by atoms with Gasteiger partial charge in [0.05, 0.1) is 5.52 Å². The first-order valence-corrected chi connectivity index (χ1v) is 6.92. The molecule has 21 heavy (non-hydrogen) atoms. The Morgan fingerprint density at radius 2 is 1.62 bits per heavy atom. The molecule has 0 atom stereocenters. The molecule has 3 heteroatoms. The number of para-hydroxylation sites is 1. The number of benzene rings is 2. The van der Waals surface area contributed by atoms with Crippen LogP contribution in [0.5, 0.6) is 0 Å². The van der Waals surface area contributed by atoms with Gasteiger partial charge in [0.25, 0.3) is 0 Å². The molecule has 0 aliphatic carbocycles. The molecule has 0 unspecified atom stereocenters. The van der Waals surface area contributed by atoms with E-state index in [-0.39, 0.29) is 11.2 Å². The molecule has 0 amide bonds. The van der Waals surface area contributed by atoms with Crippen molar-refractivity contribution in [2.75, 3.05) is 0 Å². The molecule has 3 nitrogen and oxygen atoms in total. The predicted octanol–water partition coefficient (Wildman–Crippen LogP) is 3.27. The molecule has 0 bridgehead atoms. The Balaban J connectivity index is 1.85. The van der Waals surface area contributed by atoms with Crippen LogP contribution in [-0.4, -0.2) is 10.4 Å². The monoisotopic (exact) mass is 277 g/mol. The van der Waals surface area contributed by atoms with Crippen LogP contribution in [0.25, 0.3) is 10.9 Å². The standard InChI is InChI=1S/C18H15NO2/c20-17(14-6-2-1-3-7-14)10-12-19-13-11-18(21)15-8-4-5-9-16(15)19/h1-9,11,13H,10,12H2. The second kappa shape index (κ2) is 5.75. The van der Waals surface area contributed by atoms with Crippen molar-refractivity contribution in [3.8, 4) is 0 Å². The number of carbonyl (C=O) groups excluding carboxylic acids is 1. The van der Waals surface area contributed by atoms with Crippen molar-refractivity contribution >= 4 is 16.7 Å². The first-order chi connectivity index (χ1) is 10.3. The smallest absolute Gasteiger partial charge is 0.189 e. The van der Waals surface area contributed by atoms with E-state index in [1.165, 1.54) is 0 Å². The summed E-state index contributed by atoms with van der Waals surface area (Å²) >= 11 is 0. The van der Waals surface area contributed by atoms with Crippen molar-refractivity contribution in [1.82, 2.24) is 4.57 Å². The van der Waals surface area contributed by atoms with E-state index in [1.807, 2.05) is 59.2 Å². The van der Waals surface area contributed by atoms with Gasteiger partial charge in [0.2, 0.25) is 0 Å². The molecule has 0 radical (unpaired) electrons. The zero-order valence-corrected chi connectivity index (χ0v) is 11.5. The summed E-state index contributed by atoms with van der Waals surface area (Å²) in [5.41, 5.74) is 1.60. The molecular formula is C18H15NO2. The number of aryl methyl sites for hydroxylation is 1. The van der Waals surface area contributed by atoms with E-state index in [0.29, 0.717) is 18.4 Å². The number of ketones is 1. The van der Waals surface area contributed by atoms with Gasteiger partial charge in [0.1, 0.15) is 0 Å². The van der Waals surface area contributed by atoms with Gasteiger partial charge in [0.15, 0.2) is 11.2 Å². The average molecular weight is 277 g/mol. The number of rotatable bonds is 4. The number of hydrogen-bond acceptors (Lipinski definition) is 2. The molecule has 0 saturated carbocycles. The zero-order chi connectivity index (χ0) is 14.7. The molecule has 0 aliphatic heterocycles. The van der Waals surface area contributed by atoms with E-state index in [4.69, 9.17) is 0 Å². The third-order valence-electron chi connectivity index (χ3n) is 3.56. The largest absolute Gasteiger partial charge is 0.347 e. The van der Waals surface area contributed by atoms with E-state index in [1.54, 1.807) is 12.3 Å². The van der Waals surface area contributed by atoms with Crippen LogP contribution >= 0.6 is 0 Å². The third kappa shape index (κ3) is 2.77. The highest BCUT2D eigenvalue weighted by molar-refractivity contribution is 5.96. The summed E-state index contributed by atoms with van der Waals surface area (Å²) < 4.78 is 1.96. The fraction of sp³-hybridized carbons (Fsp3) is 0.111. The van der Waals surface area contributed by atoms with Gasteiger partial charge >= 0.3 is 0 Å². The molecule has 0 aliphatic rings. The maximum absolute atomic E-state index is 12.1. The minimum Gasteiger partial charge on any atom is -0.347 e. The Morgan fingerprint density at radius 3 is 2.43 bits per heavy atom. The fourth-order valence-electron chi connectivity index (χ4n) is 2.45. The number of Topliss-reactive ketones (excluding diaryl/α,β-unsaturated/α-hetero) is 1. The van der Waals surface area contributed by atoms with Crippen molar-refractivity contribution in [3.05, 3.63) is 82.6 Å². The average Bonchev–Trinajstić information content (AvgIpc) is 2.55. The molecular weight excluding hydrogens is 262 g/mol. The van der Waals surface area contributed by atoms with E-state index in [2.05, 4.69) is 0 Å². The van der Waals surface area contributed by atoms with Crippen LogP contribution in [0.3, 0.4) is 0 Å². The first kappa shape index (κ1) is 13.3. The lowest BCUT2D eigenvalue weighted by molar-refractivity contribution is 0.0977. The van der Waals surface area contributed by atoms with Gasteiger partial charge in [-0.05, 0) is 12.1 Å². The van der Waals surface area contributed by atoms with Gasteiger partial charge in [-0.2, -0.15) is 0 Å². The second-order valence-corrected chi connectivity index (χ2v) is 4.93. The molecule has 0 N–H and O–H groups in total. The summed E-state index contributed by atoms with van der Waals surface area (Å²) in [6.07, 6.45) is 2.17. The van der Waals surface area contributed by atoms with Gasteiger partial charge in [0, 0.05) is 36.2 Å². The van der Waals surface area contributed by atoms with Gasteiger partial charge < -0.3 is 4.57 Å². The molecule has 3 rings (SSSR count). The molecule has 1 heterocycles. The molecule has 3 aromatic rings. The predicted molar refractivity (Wildman–Crippen MR) is 83.6 cm³/mol. The van der Waals surface area contributed by atoms with Gasteiger partial charge in [-0.3, -0.25) is 9.59 Å². The zero-order valence-electron chi connectivity index (χ0n) is 11.5. The van der Waals surface area contributed by atoms with Crippen LogP contribution in [0.15, 0.2) is 71.7 Å². The summed E-state index contributed by atoms with van der Waals surface area (Å²) in [4.78, 5) is 24.0. The number of pyridine rings is 1. The highest BCUT2D eigenvalue weighted by atomic mass is 16.1. The van der Waals surface area contributed by atoms with E-state index in [9.17, 15) is 9.59 Å². The van der Waals surface area contributed by atoms with Crippen molar-refractivity contribution < 1.29 is 4.79 Å². The quantitative estimate of drug-likeness (QED) is 0.686. The van der Waals surface area contributed by atoms with Crippen molar-refractivity contribution in [2.24, 2.45) is 0 Å². The Morgan fingerprint density at radius 1 is 0.905 bits per heavy atom. The topological polar surface area (TPSA) is 39.1 Å². The van der Waals surface area contributed by atoms with Crippen LogP contribution in [0.2, 0.25) is 0 Å². The van der Waals surface area contributed by atoms with E-state index >= 15 is 0 Å². The van der Waals surface area contributed by atoms with Crippen molar-refractivity contribution in [3.63, 3.8) is 0 Å². The molecule has 0 fully saturated rings. The van der Waals surface area contributed by atoms with Gasteiger partial charge in [-0.1, -0.05) is 42.5 Å². The number of fused-ring (bicyclic) bond motifs is 1. The van der Waals surface area contributed by atoms with Crippen LogP contribution in [-0.2, 0) is 6.54 Å². The Labute approximate surface area is 122 Å². The number of carbonyl (C=O) groups is 1. The summed E-state index contributed by atoms with van der Waals surface area (Å²) in [6, 6.07) is 18.3. The van der Waals surface area contributed by atoms with Gasteiger partial charge in [-0.15, -0.1) is 0 Å². The van der Waals surface area contributed by atoms with E-state index < -0.39 is 0 Å². The fourth-order valence-corrected chi connectivity index (χ4v) is 2.45. The number of aromatic nitrogens is 1. The minimum atomic E-state index is 0.0104. The maximum Gasteiger partial charge on any atom is 0.189 e. The highest BCUT2D eigenvalue weighted by Gasteiger charge is 2.07. The van der Waals surface area contributed by atoms with E-state index in [0.717, 1.165) is 11.1 Å². The van der Waals surface area contributed by atoms with Crippen molar-refractivity contribution in [2.45, 2.75) is 13.0 Å². The number of nitrogens with zero attached hydrogens (tertiary/aromatic N) is 1. The third-order valence-corrected chi connectivity index (χ3v) is 3.56. The molecule has 104 valence electrons. The molecule has 0 saturated heterocycles. The number of hydrogen-bond donors (Lipinski definition) is 0. The van der Waals surface area contributed by atoms with Crippen LogP contribution in [0.1, 0.15) is 16.8 Å².